The van der Waals surface area contributed by atoms with E-state index in [4.69, 9.17) is 0 Å². The maximum Gasteiger partial charge on any atom is 0.257 e. The minimum absolute atomic E-state index is 0.154. The van der Waals surface area contributed by atoms with Crippen LogP contribution in [0.2, 0.25) is 0 Å². The molecular formula is C14H14N2O2. The van der Waals surface area contributed by atoms with Crippen LogP contribution in [0.15, 0.2) is 29.1 Å². The fraction of sp³-hybridized carbons (Fsp3) is 0.286. The van der Waals surface area contributed by atoms with Crippen molar-refractivity contribution in [3.8, 4) is 5.88 Å². The van der Waals surface area contributed by atoms with Gasteiger partial charge in [-0.05, 0) is 30.9 Å². The first-order valence-corrected chi connectivity index (χ1v) is 6.01. The standard InChI is InChI=1S/C14H14N2O2/c1-8-13(17)15-12(16-14(8)18)11-6-9-4-2-3-5-10(9)7-11/h2-5,11H,6-7H2,1H3,(H2,15,16,17,18). The maximum absolute atomic E-state index is 11.6. The van der Waals surface area contributed by atoms with Crippen LogP contribution >= 0.6 is 0 Å². The molecule has 1 aromatic carbocycles. The molecule has 4 nitrogen and oxygen atoms in total. The number of nitrogens with zero attached hydrogens (tertiary/aromatic N) is 1. The van der Waals surface area contributed by atoms with Gasteiger partial charge in [-0.1, -0.05) is 24.3 Å². The first-order chi connectivity index (χ1) is 8.65. The summed E-state index contributed by atoms with van der Waals surface area (Å²) in [6.45, 7) is 1.56. The number of aromatic amines is 1. The lowest BCUT2D eigenvalue weighted by atomic mass is 10.1. The number of benzene rings is 1. The number of rotatable bonds is 1. The molecule has 0 unspecified atom stereocenters. The van der Waals surface area contributed by atoms with E-state index in [0.717, 1.165) is 12.8 Å². The largest absolute Gasteiger partial charge is 0.493 e. The Morgan fingerprint density at radius 2 is 1.89 bits per heavy atom. The quantitative estimate of drug-likeness (QED) is 0.799. The van der Waals surface area contributed by atoms with Crippen LogP contribution in [0.5, 0.6) is 5.88 Å². The van der Waals surface area contributed by atoms with Crippen molar-refractivity contribution in [2.45, 2.75) is 25.7 Å². The summed E-state index contributed by atoms with van der Waals surface area (Å²) in [6, 6.07) is 8.23. The van der Waals surface area contributed by atoms with Crippen LogP contribution in [0.1, 0.15) is 28.4 Å². The second-order valence-corrected chi connectivity index (χ2v) is 4.77. The molecule has 1 aliphatic carbocycles. The normalized spacial score (nSPS) is 14.7. The van der Waals surface area contributed by atoms with Crippen LogP contribution in [-0.2, 0) is 12.8 Å². The number of nitrogens with one attached hydrogen (secondary N) is 1. The fourth-order valence-electron chi connectivity index (χ4n) is 2.48. The lowest BCUT2D eigenvalue weighted by Gasteiger charge is -2.09. The van der Waals surface area contributed by atoms with E-state index in [2.05, 4.69) is 22.1 Å². The topological polar surface area (TPSA) is 66.0 Å². The third-order valence-corrected chi connectivity index (χ3v) is 3.58. The smallest absolute Gasteiger partial charge is 0.257 e. The second-order valence-electron chi connectivity index (χ2n) is 4.77. The number of H-pyrrole nitrogens is 1. The molecule has 92 valence electrons. The molecule has 0 saturated carbocycles. The molecule has 1 aliphatic rings. The van der Waals surface area contributed by atoms with Crippen molar-refractivity contribution >= 4 is 0 Å². The van der Waals surface area contributed by atoms with Crippen molar-refractivity contribution in [1.29, 1.82) is 0 Å². The lowest BCUT2D eigenvalue weighted by Crippen LogP contribution is -2.17. The fourth-order valence-corrected chi connectivity index (χ4v) is 2.48. The van der Waals surface area contributed by atoms with Gasteiger partial charge in [-0.25, -0.2) is 0 Å². The number of aromatic hydroxyl groups is 1. The number of aromatic nitrogens is 2. The summed E-state index contributed by atoms with van der Waals surface area (Å²) < 4.78 is 0. The highest BCUT2D eigenvalue weighted by atomic mass is 16.3. The molecule has 0 saturated heterocycles. The van der Waals surface area contributed by atoms with E-state index in [1.165, 1.54) is 11.1 Å². The molecule has 0 atom stereocenters. The van der Waals surface area contributed by atoms with Crippen molar-refractivity contribution in [3.63, 3.8) is 0 Å². The van der Waals surface area contributed by atoms with Gasteiger partial charge in [0.25, 0.3) is 5.56 Å². The number of fused-ring (bicyclic) bond motifs is 1. The summed E-state index contributed by atoms with van der Waals surface area (Å²) in [4.78, 5) is 18.5. The van der Waals surface area contributed by atoms with Gasteiger partial charge in [0.2, 0.25) is 5.88 Å². The molecule has 18 heavy (non-hydrogen) atoms. The van der Waals surface area contributed by atoms with Crippen LogP contribution < -0.4 is 5.56 Å². The molecule has 1 aromatic heterocycles. The Hall–Kier alpha value is -2.10. The molecule has 0 fully saturated rings. The van der Waals surface area contributed by atoms with Crippen LogP contribution in [0.25, 0.3) is 0 Å². The Balaban J connectivity index is 1.98. The Kier molecular flexibility index (Phi) is 2.44. The average molecular weight is 242 g/mol. The summed E-state index contributed by atoms with van der Waals surface area (Å²) in [5, 5.41) is 9.63. The number of hydrogen-bond acceptors (Lipinski definition) is 3. The van der Waals surface area contributed by atoms with E-state index in [1.807, 2.05) is 12.1 Å². The highest BCUT2D eigenvalue weighted by molar-refractivity contribution is 5.35. The van der Waals surface area contributed by atoms with Crippen molar-refractivity contribution < 1.29 is 5.11 Å². The third kappa shape index (κ3) is 1.70. The minimum atomic E-state index is -0.256. The Morgan fingerprint density at radius 3 is 2.44 bits per heavy atom. The SMILES string of the molecule is Cc1c(O)nc(C2Cc3ccccc3C2)[nH]c1=O. The van der Waals surface area contributed by atoms with Gasteiger partial charge < -0.3 is 10.1 Å². The van der Waals surface area contributed by atoms with E-state index < -0.39 is 0 Å². The van der Waals surface area contributed by atoms with Crippen LogP contribution in [0, 0.1) is 6.92 Å². The monoisotopic (exact) mass is 242 g/mol. The molecule has 0 aliphatic heterocycles. The second kappa shape index (κ2) is 3.98. The highest BCUT2D eigenvalue weighted by Gasteiger charge is 2.25. The Labute approximate surface area is 104 Å². The zero-order valence-corrected chi connectivity index (χ0v) is 10.1. The van der Waals surface area contributed by atoms with E-state index in [-0.39, 0.29) is 22.9 Å². The summed E-state index contributed by atoms with van der Waals surface area (Å²) in [5.41, 5.74) is 2.61. The average Bonchev–Trinajstić information content (AvgIpc) is 2.79. The Morgan fingerprint density at radius 1 is 1.28 bits per heavy atom. The van der Waals surface area contributed by atoms with E-state index in [9.17, 15) is 9.90 Å². The molecule has 0 spiro atoms. The molecule has 4 heteroatoms. The van der Waals surface area contributed by atoms with Gasteiger partial charge in [0.15, 0.2) is 0 Å². The van der Waals surface area contributed by atoms with E-state index in [1.54, 1.807) is 6.92 Å². The summed E-state index contributed by atoms with van der Waals surface area (Å²) in [7, 11) is 0. The van der Waals surface area contributed by atoms with Crippen molar-refractivity contribution in [3.05, 3.63) is 57.1 Å². The minimum Gasteiger partial charge on any atom is -0.493 e. The van der Waals surface area contributed by atoms with Gasteiger partial charge >= 0.3 is 0 Å². The van der Waals surface area contributed by atoms with Crippen LogP contribution in [-0.4, -0.2) is 15.1 Å². The van der Waals surface area contributed by atoms with Gasteiger partial charge in [0, 0.05) is 5.92 Å². The third-order valence-electron chi connectivity index (χ3n) is 3.58. The van der Waals surface area contributed by atoms with Gasteiger partial charge in [-0.3, -0.25) is 4.79 Å². The summed E-state index contributed by atoms with van der Waals surface area (Å²) in [6.07, 6.45) is 1.73. The van der Waals surface area contributed by atoms with Gasteiger partial charge in [-0.15, -0.1) is 0 Å². The first kappa shape index (κ1) is 11.0. The lowest BCUT2D eigenvalue weighted by molar-refractivity contribution is 0.439. The Bertz CT molecular complexity index is 636. The number of hydrogen-bond donors (Lipinski definition) is 2. The summed E-state index contributed by atoms with van der Waals surface area (Å²) >= 11 is 0. The molecule has 0 bridgehead atoms. The van der Waals surface area contributed by atoms with E-state index in [0.29, 0.717) is 5.82 Å². The van der Waals surface area contributed by atoms with E-state index >= 15 is 0 Å². The zero-order valence-electron chi connectivity index (χ0n) is 10.1. The van der Waals surface area contributed by atoms with Gasteiger partial charge in [-0.2, -0.15) is 4.98 Å². The predicted molar refractivity (Wildman–Crippen MR) is 67.9 cm³/mol. The molecular weight excluding hydrogens is 228 g/mol. The highest BCUT2D eigenvalue weighted by Crippen LogP contribution is 2.32. The zero-order chi connectivity index (χ0) is 12.7. The molecule has 1 heterocycles. The molecule has 3 rings (SSSR count). The molecule has 0 amide bonds. The molecule has 2 aromatic rings. The van der Waals surface area contributed by atoms with Crippen LogP contribution in [0.3, 0.4) is 0 Å². The van der Waals surface area contributed by atoms with Gasteiger partial charge in [0.05, 0.1) is 5.56 Å². The van der Waals surface area contributed by atoms with Crippen molar-refractivity contribution in [2.24, 2.45) is 0 Å². The van der Waals surface area contributed by atoms with Gasteiger partial charge in [0.1, 0.15) is 5.82 Å². The summed E-state index contributed by atoms with van der Waals surface area (Å²) in [5.74, 6) is 0.575. The predicted octanol–water partition coefficient (Wildman–Crippen LogP) is 1.67. The first-order valence-electron chi connectivity index (χ1n) is 6.01. The van der Waals surface area contributed by atoms with Crippen molar-refractivity contribution in [2.75, 3.05) is 0 Å². The maximum atomic E-state index is 11.6. The van der Waals surface area contributed by atoms with Crippen molar-refractivity contribution in [1.82, 2.24) is 9.97 Å². The molecule has 0 radical (unpaired) electrons. The van der Waals surface area contributed by atoms with Crippen LogP contribution in [0.4, 0.5) is 0 Å². The molecule has 2 N–H and O–H groups in total.